The van der Waals surface area contributed by atoms with E-state index >= 15 is 0 Å². The number of carbonyl (C=O) groups is 2. The molecular formula is C28H26ClNO5. The second-order valence-corrected chi connectivity index (χ2v) is 8.70. The number of benzene rings is 3. The van der Waals surface area contributed by atoms with Crippen LogP contribution in [0.25, 0.3) is 5.76 Å². The fraction of sp³-hybridized carbons (Fsp3) is 0.214. The summed E-state index contributed by atoms with van der Waals surface area (Å²) in [6.07, 6.45) is 0.838. The zero-order chi connectivity index (χ0) is 25.3. The Kier molecular flexibility index (Phi) is 6.85. The third-order valence-corrected chi connectivity index (χ3v) is 6.47. The van der Waals surface area contributed by atoms with Crippen LogP contribution in [0.5, 0.6) is 11.5 Å². The molecule has 35 heavy (non-hydrogen) atoms. The van der Waals surface area contributed by atoms with E-state index in [1.807, 2.05) is 26.0 Å². The summed E-state index contributed by atoms with van der Waals surface area (Å²) in [6, 6.07) is 16.7. The molecule has 0 aliphatic carbocycles. The summed E-state index contributed by atoms with van der Waals surface area (Å²) in [4.78, 5) is 28.2. The summed E-state index contributed by atoms with van der Waals surface area (Å²) < 4.78 is 10.8. The quantitative estimate of drug-likeness (QED) is 0.266. The Hall–Kier alpha value is -3.77. The average Bonchev–Trinajstić information content (AvgIpc) is 3.14. The molecule has 0 bridgehead atoms. The van der Waals surface area contributed by atoms with Crippen LogP contribution in [-0.2, 0) is 16.0 Å². The monoisotopic (exact) mass is 491 g/mol. The van der Waals surface area contributed by atoms with Crippen molar-refractivity contribution in [1.29, 1.82) is 0 Å². The Morgan fingerprint density at radius 1 is 0.971 bits per heavy atom. The predicted octanol–water partition coefficient (Wildman–Crippen LogP) is 5.85. The van der Waals surface area contributed by atoms with Crippen molar-refractivity contribution in [3.05, 3.63) is 93.5 Å². The van der Waals surface area contributed by atoms with E-state index in [2.05, 4.69) is 0 Å². The highest BCUT2D eigenvalue weighted by Gasteiger charge is 2.47. The number of anilines is 1. The standard InChI is InChI=1S/C28H26ClNO5/c1-5-17-7-9-18(10-8-17)26(31)24-25(19-11-13-22(34-3)23(14-19)35-4)30(28(33)27(24)32)21-15-20(29)12-6-16(21)2/h6-15,25,31H,5H2,1-4H3/b26-24+. The molecule has 1 atom stereocenters. The Balaban J connectivity index is 1.98. The van der Waals surface area contributed by atoms with Crippen LogP contribution in [0.15, 0.2) is 66.2 Å². The molecule has 1 unspecified atom stereocenters. The van der Waals surface area contributed by atoms with Gasteiger partial charge in [0.1, 0.15) is 5.76 Å². The number of halogens is 1. The van der Waals surface area contributed by atoms with Crippen LogP contribution in [0, 0.1) is 6.92 Å². The Labute approximate surface area is 209 Å². The van der Waals surface area contributed by atoms with Crippen molar-refractivity contribution in [2.24, 2.45) is 0 Å². The molecule has 3 aromatic rings. The van der Waals surface area contributed by atoms with Crippen LogP contribution in [0.2, 0.25) is 5.02 Å². The van der Waals surface area contributed by atoms with Crippen molar-refractivity contribution in [2.75, 3.05) is 19.1 Å². The number of methoxy groups -OCH3 is 2. The van der Waals surface area contributed by atoms with E-state index in [4.69, 9.17) is 21.1 Å². The smallest absolute Gasteiger partial charge is 0.300 e. The molecule has 1 aliphatic rings. The van der Waals surface area contributed by atoms with Gasteiger partial charge >= 0.3 is 0 Å². The van der Waals surface area contributed by atoms with Gasteiger partial charge in [0.05, 0.1) is 25.8 Å². The SMILES string of the molecule is CCc1ccc(/C(O)=C2\C(=O)C(=O)N(c3cc(Cl)ccc3C)C2c2ccc(OC)c(OC)c2)cc1. The van der Waals surface area contributed by atoms with Gasteiger partial charge < -0.3 is 14.6 Å². The van der Waals surface area contributed by atoms with Gasteiger partial charge in [0, 0.05) is 16.3 Å². The first-order valence-electron chi connectivity index (χ1n) is 11.2. The van der Waals surface area contributed by atoms with Gasteiger partial charge in [-0.15, -0.1) is 0 Å². The lowest BCUT2D eigenvalue weighted by Gasteiger charge is -2.27. The van der Waals surface area contributed by atoms with E-state index in [9.17, 15) is 14.7 Å². The lowest BCUT2D eigenvalue weighted by Crippen LogP contribution is -2.30. The molecule has 0 saturated carbocycles. The number of rotatable bonds is 6. The van der Waals surface area contributed by atoms with E-state index in [0.29, 0.717) is 33.3 Å². The van der Waals surface area contributed by atoms with Crippen molar-refractivity contribution in [1.82, 2.24) is 0 Å². The second-order valence-electron chi connectivity index (χ2n) is 8.26. The molecule has 6 nitrogen and oxygen atoms in total. The van der Waals surface area contributed by atoms with E-state index < -0.39 is 17.7 Å². The van der Waals surface area contributed by atoms with Crippen LogP contribution in [-0.4, -0.2) is 31.0 Å². The van der Waals surface area contributed by atoms with Gasteiger partial charge in [-0.2, -0.15) is 0 Å². The molecule has 1 saturated heterocycles. The molecule has 1 fully saturated rings. The van der Waals surface area contributed by atoms with Gasteiger partial charge in [0.2, 0.25) is 0 Å². The van der Waals surface area contributed by atoms with Crippen molar-refractivity contribution >= 4 is 34.7 Å². The molecule has 3 aromatic carbocycles. The number of hydrogen-bond donors (Lipinski definition) is 1. The number of Topliss-reactive ketones (excluding diaryl/α,β-unsaturated/α-hetero) is 1. The number of ketones is 1. The Morgan fingerprint density at radius 3 is 2.29 bits per heavy atom. The zero-order valence-electron chi connectivity index (χ0n) is 20.0. The summed E-state index contributed by atoms with van der Waals surface area (Å²) in [5, 5.41) is 11.7. The second kappa shape index (κ2) is 9.84. The maximum Gasteiger partial charge on any atom is 0.300 e. The summed E-state index contributed by atoms with van der Waals surface area (Å²) in [5.74, 6) is -0.830. The number of carbonyl (C=O) groups excluding carboxylic acids is 2. The molecule has 1 N–H and O–H groups in total. The minimum Gasteiger partial charge on any atom is -0.507 e. The fourth-order valence-electron chi connectivity index (χ4n) is 4.32. The van der Waals surface area contributed by atoms with E-state index in [-0.39, 0.29) is 11.3 Å². The minimum absolute atomic E-state index is 0.00848. The van der Waals surface area contributed by atoms with E-state index in [1.165, 1.54) is 19.1 Å². The molecule has 1 heterocycles. The molecule has 7 heteroatoms. The number of ether oxygens (including phenoxy) is 2. The molecule has 180 valence electrons. The number of aliphatic hydroxyl groups excluding tert-OH is 1. The third-order valence-electron chi connectivity index (χ3n) is 6.23. The predicted molar refractivity (Wildman–Crippen MR) is 136 cm³/mol. The highest BCUT2D eigenvalue weighted by molar-refractivity contribution is 6.52. The average molecular weight is 492 g/mol. The third kappa shape index (κ3) is 4.37. The lowest BCUT2D eigenvalue weighted by molar-refractivity contribution is -0.132. The Bertz CT molecular complexity index is 1330. The van der Waals surface area contributed by atoms with Crippen LogP contribution < -0.4 is 14.4 Å². The van der Waals surface area contributed by atoms with E-state index in [1.54, 1.807) is 48.5 Å². The molecule has 0 spiro atoms. The Morgan fingerprint density at radius 2 is 1.66 bits per heavy atom. The number of aryl methyl sites for hydroxylation is 2. The summed E-state index contributed by atoms with van der Waals surface area (Å²) >= 11 is 6.26. The van der Waals surface area contributed by atoms with Gasteiger partial charge in [-0.05, 0) is 54.3 Å². The number of nitrogens with zero attached hydrogens (tertiary/aromatic N) is 1. The summed E-state index contributed by atoms with van der Waals surface area (Å²) in [6.45, 7) is 3.87. The highest BCUT2D eigenvalue weighted by Crippen LogP contribution is 2.45. The largest absolute Gasteiger partial charge is 0.507 e. The first-order chi connectivity index (χ1) is 16.8. The van der Waals surface area contributed by atoms with Crippen molar-refractivity contribution in [3.63, 3.8) is 0 Å². The maximum absolute atomic E-state index is 13.4. The maximum atomic E-state index is 13.4. The molecule has 1 amide bonds. The molecule has 0 radical (unpaired) electrons. The molecule has 1 aliphatic heterocycles. The first kappa shape index (κ1) is 24.4. The zero-order valence-corrected chi connectivity index (χ0v) is 20.7. The van der Waals surface area contributed by atoms with Gasteiger partial charge in [0.25, 0.3) is 11.7 Å². The number of amides is 1. The normalized spacial score (nSPS) is 17.1. The summed E-state index contributed by atoms with van der Waals surface area (Å²) in [5.41, 5.74) is 3.36. The van der Waals surface area contributed by atoms with Gasteiger partial charge in [-0.3, -0.25) is 14.5 Å². The molecular weight excluding hydrogens is 466 g/mol. The van der Waals surface area contributed by atoms with Crippen LogP contribution in [0.4, 0.5) is 5.69 Å². The number of aliphatic hydroxyl groups is 1. The van der Waals surface area contributed by atoms with Crippen LogP contribution in [0.1, 0.15) is 35.2 Å². The minimum atomic E-state index is -0.905. The van der Waals surface area contributed by atoms with Crippen molar-refractivity contribution in [2.45, 2.75) is 26.3 Å². The van der Waals surface area contributed by atoms with Gasteiger partial charge in [-0.1, -0.05) is 54.9 Å². The lowest BCUT2D eigenvalue weighted by atomic mass is 9.94. The van der Waals surface area contributed by atoms with E-state index in [0.717, 1.165) is 17.5 Å². The van der Waals surface area contributed by atoms with Gasteiger partial charge in [0.15, 0.2) is 11.5 Å². The van der Waals surface area contributed by atoms with Crippen LogP contribution in [0.3, 0.4) is 0 Å². The van der Waals surface area contributed by atoms with Gasteiger partial charge in [-0.25, -0.2) is 0 Å². The molecule has 0 aromatic heterocycles. The topological polar surface area (TPSA) is 76.1 Å². The van der Waals surface area contributed by atoms with Crippen molar-refractivity contribution in [3.8, 4) is 11.5 Å². The molecule has 4 rings (SSSR count). The van der Waals surface area contributed by atoms with Crippen LogP contribution >= 0.6 is 11.6 Å². The number of hydrogen-bond acceptors (Lipinski definition) is 5. The highest BCUT2D eigenvalue weighted by atomic mass is 35.5. The van der Waals surface area contributed by atoms with Crippen molar-refractivity contribution < 1.29 is 24.2 Å². The fourth-order valence-corrected chi connectivity index (χ4v) is 4.48. The summed E-state index contributed by atoms with van der Waals surface area (Å²) in [7, 11) is 3.04. The first-order valence-corrected chi connectivity index (χ1v) is 11.6.